The van der Waals surface area contributed by atoms with Gasteiger partial charge in [-0.1, -0.05) is 5.16 Å². The highest BCUT2D eigenvalue weighted by atomic mass is 16.5. The lowest BCUT2D eigenvalue weighted by Gasteiger charge is -2.46. The average molecular weight is 357 g/mol. The van der Waals surface area contributed by atoms with E-state index in [4.69, 9.17) is 9.26 Å². The molecule has 3 rings (SSSR count). The van der Waals surface area contributed by atoms with Crippen LogP contribution in [0.4, 0.5) is 0 Å². The highest BCUT2D eigenvalue weighted by Crippen LogP contribution is 2.29. The van der Waals surface area contributed by atoms with Crippen molar-refractivity contribution in [2.75, 3.05) is 7.11 Å². The first-order valence-corrected chi connectivity index (χ1v) is 8.89. The Kier molecular flexibility index (Phi) is 4.80. The van der Waals surface area contributed by atoms with Crippen molar-refractivity contribution in [2.24, 2.45) is 0 Å². The van der Waals surface area contributed by atoms with Gasteiger partial charge in [0.15, 0.2) is 11.5 Å². The van der Waals surface area contributed by atoms with E-state index in [9.17, 15) is 4.79 Å². The van der Waals surface area contributed by atoms with E-state index in [2.05, 4.69) is 43.5 Å². The Morgan fingerprint density at radius 2 is 1.81 bits per heavy atom. The molecule has 0 unspecified atom stereocenters. The highest BCUT2D eigenvalue weighted by molar-refractivity contribution is 5.93. The molecule has 0 radical (unpaired) electrons. The number of aromatic nitrogens is 1. The predicted octanol–water partition coefficient (Wildman–Crippen LogP) is 3.39. The zero-order valence-electron chi connectivity index (χ0n) is 16.1. The Morgan fingerprint density at radius 1 is 1.19 bits per heavy atom. The Labute approximate surface area is 154 Å². The molecular formula is C20H27N3O3. The maximum Gasteiger partial charge on any atom is 0.273 e. The molecule has 2 N–H and O–H groups in total. The molecule has 0 bridgehead atoms. The quantitative estimate of drug-likeness (QED) is 0.877. The molecule has 1 saturated heterocycles. The van der Waals surface area contributed by atoms with E-state index in [1.807, 2.05) is 24.3 Å². The molecule has 1 aromatic carbocycles. The van der Waals surface area contributed by atoms with E-state index in [1.54, 1.807) is 13.2 Å². The molecule has 6 nitrogen and oxygen atoms in total. The summed E-state index contributed by atoms with van der Waals surface area (Å²) < 4.78 is 10.5. The third-order valence-corrected chi connectivity index (χ3v) is 4.64. The first-order chi connectivity index (χ1) is 12.2. The SMILES string of the molecule is COc1ccc(-c2cc(C(=O)NC3CC(C)(C)NC(C)(C)C3)no2)cc1. The number of piperidine rings is 1. The summed E-state index contributed by atoms with van der Waals surface area (Å²) in [5.74, 6) is 1.12. The molecule has 1 aromatic heterocycles. The van der Waals surface area contributed by atoms with Crippen molar-refractivity contribution in [2.45, 2.75) is 57.7 Å². The summed E-state index contributed by atoms with van der Waals surface area (Å²) in [5, 5.41) is 10.7. The Morgan fingerprint density at radius 3 is 2.38 bits per heavy atom. The number of carbonyl (C=O) groups is 1. The second kappa shape index (κ2) is 6.76. The van der Waals surface area contributed by atoms with Crippen molar-refractivity contribution >= 4 is 5.91 Å². The fourth-order valence-electron chi connectivity index (χ4n) is 3.96. The van der Waals surface area contributed by atoms with Gasteiger partial charge in [0.1, 0.15) is 5.75 Å². The Hall–Kier alpha value is -2.34. The number of ether oxygens (including phenoxy) is 1. The summed E-state index contributed by atoms with van der Waals surface area (Å²) in [6.07, 6.45) is 1.73. The highest BCUT2D eigenvalue weighted by Gasteiger charge is 2.38. The third-order valence-electron chi connectivity index (χ3n) is 4.64. The zero-order valence-corrected chi connectivity index (χ0v) is 16.1. The summed E-state index contributed by atoms with van der Waals surface area (Å²) in [6, 6.07) is 9.20. The van der Waals surface area contributed by atoms with Gasteiger partial charge < -0.3 is 19.9 Å². The summed E-state index contributed by atoms with van der Waals surface area (Å²) in [4.78, 5) is 12.6. The van der Waals surface area contributed by atoms with Gasteiger partial charge in [0.05, 0.1) is 7.11 Å². The van der Waals surface area contributed by atoms with Gasteiger partial charge in [0.2, 0.25) is 0 Å². The van der Waals surface area contributed by atoms with E-state index >= 15 is 0 Å². The fourth-order valence-corrected chi connectivity index (χ4v) is 3.96. The van der Waals surface area contributed by atoms with Crippen LogP contribution in [0.3, 0.4) is 0 Å². The molecule has 1 aliphatic heterocycles. The molecule has 0 spiro atoms. The first-order valence-electron chi connectivity index (χ1n) is 8.89. The predicted molar refractivity (Wildman–Crippen MR) is 100 cm³/mol. The lowest BCUT2D eigenvalue weighted by Crippen LogP contribution is -2.62. The van der Waals surface area contributed by atoms with Gasteiger partial charge in [-0.2, -0.15) is 0 Å². The molecule has 0 aliphatic carbocycles. The van der Waals surface area contributed by atoms with Crippen LogP contribution in [0.5, 0.6) is 5.75 Å². The van der Waals surface area contributed by atoms with Crippen LogP contribution in [-0.2, 0) is 0 Å². The number of hydrogen-bond acceptors (Lipinski definition) is 5. The summed E-state index contributed by atoms with van der Waals surface area (Å²) in [6.45, 7) is 8.63. The fraction of sp³-hybridized carbons (Fsp3) is 0.500. The number of benzene rings is 1. The van der Waals surface area contributed by atoms with Crippen LogP contribution < -0.4 is 15.4 Å². The number of amides is 1. The van der Waals surface area contributed by atoms with Crippen molar-refractivity contribution in [1.29, 1.82) is 0 Å². The lowest BCUT2D eigenvalue weighted by molar-refractivity contribution is 0.0864. The van der Waals surface area contributed by atoms with E-state index < -0.39 is 0 Å². The Bertz CT molecular complexity index is 762. The van der Waals surface area contributed by atoms with Crippen LogP contribution in [0, 0.1) is 0 Å². The minimum Gasteiger partial charge on any atom is -0.497 e. The van der Waals surface area contributed by atoms with Crippen LogP contribution in [0.1, 0.15) is 51.0 Å². The number of rotatable bonds is 4. The molecule has 0 saturated carbocycles. The van der Waals surface area contributed by atoms with Crippen LogP contribution in [0.2, 0.25) is 0 Å². The van der Waals surface area contributed by atoms with Gasteiger partial charge in [0, 0.05) is 28.7 Å². The van der Waals surface area contributed by atoms with Gasteiger partial charge in [0.25, 0.3) is 5.91 Å². The molecule has 6 heteroatoms. The number of methoxy groups -OCH3 is 1. The average Bonchev–Trinajstić information content (AvgIpc) is 3.02. The van der Waals surface area contributed by atoms with Gasteiger partial charge in [-0.15, -0.1) is 0 Å². The number of nitrogens with one attached hydrogen (secondary N) is 2. The van der Waals surface area contributed by atoms with Gasteiger partial charge >= 0.3 is 0 Å². The van der Waals surface area contributed by atoms with E-state index in [-0.39, 0.29) is 23.0 Å². The minimum absolute atomic E-state index is 0.0300. The summed E-state index contributed by atoms with van der Waals surface area (Å²) in [5.41, 5.74) is 1.08. The number of hydrogen-bond donors (Lipinski definition) is 2. The van der Waals surface area contributed by atoms with Crippen LogP contribution >= 0.6 is 0 Å². The summed E-state index contributed by atoms with van der Waals surface area (Å²) >= 11 is 0. The largest absolute Gasteiger partial charge is 0.497 e. The number of carbonyl (C=O) groups excluding carboxylic acids is 1. The third kappa shape index (κ3) is 4.25. The van der Waals surface area contributed by atoms with Gasteiger partial charge in [-0.3, -0.25) is 4.79 Å². The Balaban J connectivity index is 1.70. The normalized spacial score (nSPS) is 19.1. The van der Waals surface area contributed by atoms with E-state index in [0.29, 0.717) is 11.5 Å². The maximum atomic E-state index is 12.6. The number of nitrogens with zero attached hydrogens (tertiary/aromatic N) is 1. The first kappa shape index (κ1) is 18.5. The van der Waals surface area contributed by atoms with Crippen molar-refractivity contribution in [1.82, 2.24) is 15.8 Å². The van der Waals surface area contributed by atoms with Crippen LogP contribution in [0.25, 0.3) is 11.3 Å². The molecule has 1 aliphatic rings. The molecule has 1 amide bonds. The van der Waals surface area contributed by atoms with Crippen molar-refractivity contribution in [3.05, 3.63) is 36.0 Å². The zero-order chi connectivity index (χ0) is 18.9. The van der Waals surface area contributed by atoms with Gasteiger partial charge in [-0.05, 0) is 64.8 Å². The second-order valence-corrected chi connectivity index (χ2v) is 8.28. The maximum absolute atomic E-state index is 12.6. The molecule has 26 heavy (non-hydrogen) atoms. The minimum atomic E-state index is -0.202. The smallest absolute Gasteiger partial charge is 0.273 e. The van der Waals surface area contributed by atoms with Crippen LogP contribution in [-0.4, -0.2) is 35.3 Å². The van der Waals surface area contributed by atoms with Crippen LogP contribution in [0.15, 0.2) is 34.9 Å². The summed E-state index contributed by atoms with van der Waals surface area (Å²) in [7, 11) is 1.62. The second-order valence-electron chi connectivity index (χ2n) is 8.28. The molecular weight excluding hydrogens is 330 g/mol. The van der Waals surface area contributed by atoms with E-state index in [1.165, 1.54) is 0 Å². The lowest BCUT2D eigenvalue weighted by atomic mass is 9.79. The van der Waals surface area contributed by atoms with Crippen molar-refractivity contribution in [3.8, 4) is 17.1 Å². The topological polar surface area (TPSA) is 76.4 Å². The molecule has 0 atom stereocenters. The molecule has 2 aromatic rings. The van der Waals surface area contributed by atoms with Crippen molar-refractivity contribution < 1.29 is 14.1 Å². The molecule has 2 heterocycles. The molecule has 1 fully saturated rings. The van der Waals surface area contributed by atoms with Gasteiger partial charge in [-0.25, -0.2) is 0 Å². The van der Waals surface area contributed by atoms with E-state index in [0.717, 1.165) is 24.2 Å². The van der Waals surface area contributed by atoms with Crippen molar-refractivity contribution in [3.63, 3.8) is 0 Å². The standard InChI is InChI=1S/C20H27N3O3/c1-19(2)11-14(12-20(3,4)23-19)21-18(24)16-10-17(26-22-16)13-6-8-15(25-5)9-7-13/h6-10,14,23H,11-12H2,1-5H3,(H,21,24). The monoisotopic (exact) mass is 357 g/mol. The molecule has 140 valence electrons.